The predicted molar refractivity (Wildman–Crippen MR) is 76.3 cm³/mol. The lowest BCUT2D eigenvalue weighted by atomic mass is 10.1. The quantitative estimate of drug-likeness (QED) is 0.796. The van der Waals surface area contributed by atoms with Crippen LogP contribution in [0, 0.1) is 5.92 Å². The Balaban J connectivity index is 2.58. The first-order valence-electron chi connectivity index (χ1n) is 6.18. The minimum atomic E-state index is -0.00685. The molecule has 0 unspecified atom stereocenters. The van der Waals surface area contributed by atoms with E-state index in [1.165, 1.54) is 6.42 Å². The van der Waals surface area contributed by atoms with Crippen molar-refractivity contribution in [1.29, 1.82) is 0 Å². The van der Waals surface area contributed by atoms with Crippen molar-refractivity contribution < 1.29 is 4.74 Å². The molecule has 0 heterocycles. The van der Waals surface area contributed by atoms with E-state index < -0.39 is 0 Å². The zero-order valence-corrected chi connectivity index (χ0v) is 12.5. The molecule has 0 aliphatic heterocycles. The van der Waals surface area contributed by atoms with Crippen molar-refractivity contribution in [3.8, 4) is 5.75 Å². The van der Waals surface area contributed by atoms with Gasteiger partial charge in [0.1, 0.15) is 5.75 Å². The Morgan fingerprint density at radius 1 is 1.29 bits per heavy atom. The Labute approximate surface area is 113 Å². The topological polar surface area (TPSA) is 35.2 Å². The lowest BCUT2D eigenvalue weighted by Gasteiger charge is -2.14. The van der Waals surface area contributed by atoms with Crippen LogP contribution in [0.5, 0.6) is 5.75 Å². The second kappa shape index (κ2) is 7.02. The summed E-state index contributed by atoms with van der Waals surface area (Å²) in [5.41, 5.74) is 6.99. The van der Waals surface area contributed by atoms with Gasteiger partial charge in [-0.15, -0.1) is 0 Å². The first-order chi connectivity index (χ1) is 8.00. The fraction of sp³-hybridized carbons (Fsp3) is 0.571. The van der Waals surface area contributed by atoms with Gasteiger partial charge in [-0.3, -0.25) is 0 Å². The van der Waals surface area contributed by atoms with Gasteiger partial charge in [-0.2, -0.15) is 0 Å². The Morgan fingerprint density at radius 2 is 2.00 bits per heavy atom. The molecule has 3 heteroatoms. The van der Waals surface area contributed by atoms with Crippen LogP contribution < -0.4 is 10.5 Å². The molecule has 96 valence electrons. The molecule has 0 aromatic heterocycles. The molecule has 2 nitrogen and oxygen atoms in total. The molecule has 0 saturated carbocycles. The molecule has 0 spiro atoms. The Bertz CT molecular complexity index is 350. The summed E-state index contributed by atoms with van der Waals surface area (Å²) in [6, 6.07) is 6.00. The molecule has 1 rings (SSSR count). The number of ether oxygens (including phenoxy) is 1. The molecule has 1 atom stereocenters. The maximum Gasteiger partial charge on any atom is 0.124 e. The predicted octanol–water partition coefficient (Wildman–Crippen LogP) is 4.28. The van der Waals surface area contributed by atoms with Crippen molar-refractivity contribution in [3.63, 3.8) is 0 Å². The summed E-state index contributed by atoms with van der Waals surface area (Å²) in [4.78, 5) is 0. The molecule has 2 N–H and O–H groups in total. The fourth-order valence-corrected chi connectivity index (χ4v) is 2.06. The Hall–Kier alpha value is -0.540. The van der Waals surface area contributed by atoms with Gasteiger partial charge in [0.15, 0.2) is 0 Å². The Kier molecular flexibility index (Phi) is 6.00. The number of benzene rings is 1. The van der Waals surface area contributed by atoms with Crippen LogP contribution in [-0.2, 0) is 0 Å². The summed E-state index contributed by atoms with van der Waals surface area (Å²) in [7, 11) is 0. The van der Waals surface area contributed by atoms with Crippen LogP contribution in [0.15, 0.2) is 22.7 Å². The van der Waals surface area contributed by atoms with Gasteiger partial charge in [0.2, 0.25) is 0 Å². The molecular formula is C14H22BrNO. The molecule has 1 aromatic carbocycles. The van der Waals surface area contributed by atoms with Gasteiger partial charge in [0.25, 0.3) is 0 Å². The average molecular weight is 300 g/mol. The number of rotatable bonds is 6. The zero-order chi connectivity index (χ0) is 12.8. The number of hydrogen-bond donors (Lipinski definition) is 1. The molecule has 1 aromatic rings. The summed E-state index contributed by atoms with van der Waals surface area (Å²) < 4.78 is 6.84. The number of nitrogens with two attached hydrogens (primary N) is 1. The maximum atomic E-state index is 5.94. The van der Waals surface area contributed by atoms with Crippen LogP contribution in [-0.4, -0.2) is 6.61 Å². The third kappa shape index (κ3) is 5.09. The molecule has 0 saturated heterocycles. The lowest BCUT2D eigenvalue weighted by molar-refractivity contribution is 0.293. The summed E-state index contributed by atoms with van der Waals surface area (Å²) in [5, 5.41) is 0. The van der Waals surface area contributed by atoms with Crippen molar-refractivity contribution >= 4 is 15.9 Å². The van der Waals surface area contributed by atoms with E-state index in [4.69, 9.17) is 10.5 Å². The molecule has 17 heavy (non-hydrogen) atoms. The van der Waals surface area contributed by atoms with E-state index >= 15 is 0 Å². The van der Waals surface area contributed by atoms with Crippen LogP contribution in [0.25, 0.3) is 0 Å². The van der Waals surface area contributed by atoms with E-state index in [0.717, 1.165) is 34.7 Å². The smallest absolute Gasteiger partial charge is 0.124 e. The highest BCUT2D eigenvalue weighted by Crippen LogP contribution is 2.27. The maximum absolute atomic E-state index is 5.94. The second-order valence-corrected chi connectivity index (χ2v) is 5.77. The number of hydrogen-bond acceptors (Lipinski definition) is 2. The van der Waals surface area contributed by atoms with Crippen molar-refractivity contribution in [2.75, 3.05) is 6.61 Å². The van der Waals surface area contributed by atoms with E-state index in [1.54, 1.807) is 0 Å². The fourth-order valence-electron chi connectivity index (χ4n) is 1.68. The third-order valence-corrected chi connectivity index (χ3v) is 3.14. The van der Waals surface area contributed by atoms with E-state index in [0.29, 0.717) is 0 Å². The average Bonchev–Trinajstić information content (AvgIpc) is 2.25. The minimum absolute atomic E-state index is 0.00685. The standard InChI is InChI=1S/C14H22BrNO/c1-10(2)5-4-8-17-14-7-6-12(15)9-13(14)11(3)16/h6-7,9-11H,4-5,8,16H2,1-3H3/t11-/m1/s1. The van der Waals surface area contributed by atoms with E-state index in [-0.39, 0.29) is 6.04 Å². The highest BCUT2D eigenvalue weighted by molar-refractivity contribution is 9.10. The van der Waals surface area contributed by atoms with Gasteiger partial charge in [-0.25, -0.2) is 0 Å². The molecule has 0 amide bonds. The monoisotopic (exact) mass is 299 g/mol. The first kappa shape index (κ1) is 14.5. The van der Waals surface area contributed by atoms with Crippen LogP contribution >= 0.6 is 15.9 Å². The van der Waals surface area contributed by atoms with Crippen LogP contribution in [0.4, 0.5) is 0 Å². The van der Waals surface area contributed by atoms with Gasteiger partial charge in [0, 0.05) is 16.1 Å². The SMILES string of the molecule is CC(C)CCCOc1ccc(Br)cc1[C@@H](C)N. The molecule has 0 aliphatic carbocycles. The minimum Gasteiger partial charge on any atom is -0.493 e. The third-order valence-electron chi connectivity index (χ3n) is 2.65. The van der Waals surface area contributed by atoms with E-state index in [9.17, 15) is 0 Å². The summed E-state index contributed by atoms with van der Waals surface area (Å²) in [6.45, 7) is 7.20. The van der Waals surface area contributed by atoms with Crippen molar-refractivity contribution in [2.24, 2.45) is 11.7 Å². The molecular weight excluding hydrogens is 278 g/mol. The van der Waals surface area contributed by atoms with E-state index in [1.807, 2.05) is 25.1 Å². The van der Waals surface area contributed by atoms with Crippen molar-refractivity contribution in [1.82, 2.24) is 0 Å². The molecule has 0 aliphatic rings. The number of halogens is 1. The van der Waals surface area contributed by atoms with E-state index in [2.05, 4.69) is 29.8 Å². The zero-order valence-electron chi connectivity index (χ0n) is 10.9. The van der Waals surface area contributed by atoms with Gasteiger partial charge >= 0.3 is 0 Å². The van der Waals surface area contributed by atoms with Crippen molar-refractivity contribution in [3.05, 3.63) is 28.2 Å². The normalized spacial score (nSPS) is 12.8. The largest absolute Gasteiger partial charge is 0.493 e. The van der Waals surface area contributed by atoms with Crippen LogP contribution in [0.1, 0.15) is 45.2 Å². The molecule has 0 bridgehead atoms. The van der Waals surface area contributed by atoms with Gasteiger partial charge in [0.05, 0.1) is 6.61 Å². The first-order valence-corrected chi connectivity index (χ1v) is 6.98. The van der Waals surface area contributed by atoms with Gasteiger partial charge < -0.3 is 10.5 Å². The van der Waals surface area contributed by atoms with Gasteiger partial charge in [-0.1, -0.05) is 29.8 Å². The van der Waals surface area contributed by atoms with Crippen molar-refractivity contribution in [2.45, 2.75) is 39.7 Å². The summed E-state index contributed by atoms with van der Waals surface area (Å²) in [5.74, 6) is 1.64. The summed E-state index contributed by atoms with van der Waals surface area (Å²) in [6.07, 6.45) is 2.29. The summed E-state index contributed by atoms with van der Waals surface area (Å²) >= 11 is 3.45. The Morgan fingerprint density at radius 3 is 2.59 bits per heavy atom. The highest BCUT2D eigenvalue weighted by Gasteiger charge is 2.08. The van der Waals surface area contributed by atoms with Gasteiger partial charge in [-0.05, 0) is 43.9 Å². The second-order valence-electron chi connectivity index (χ2n) is 4.86. The van der Waals surface area contributed by atoms with Crippen LogP contribution in [0.2, 0.25) is 0 Å². The lowest BCUT2D eigenvalue weighted by Crippen LogP contribution is -2.09. The van der Waals surface area contributed by atoms with Crippen LogP contribution in [0.3, 0.4) is 0 Å². The molecule has 0 radical (unpaired) electrons. The molecule has 0 fully saturated rings. The highest BCUT2D eigenvalue weighted by atomic mass is 79.9.